The van der Waals surface area contributed by atoms with E-state index in [-0.39, 0.29) is 18.0 Å². The maximum absolute atomic E-state index is 12.6. The number of aromatic nitrogens is 1. The summed E-state index contributed by atoms with van der Waals surface area (Å²) in [5, 5.41) is 4.37. The van der Waals surface area contributed by atoms with E-state index in [2.05, 4.69) is 5.32 Å². The molecule has 6 nitrogen and oxygen atoms in total. The van der Waals surface area contributed by atoms with Crippen molar-refractivity contribution in [3.63, 3.8) is 0 Å². The second-order valence-electron chi connectivity index (χ2n) is 5.56. The highest BCUT2D eigenvalue weighted by atomic mass is 35.5. The van der Waals surface area contributed by atoms with E-state index in [1.165, 1.54) is 11.7 Å². The lowest BCUT2D eigenvalue weighted by Gasteiger charge is -2.12. The number of nitrogens with zero attached hydrogens (tertiary/aromatic N) is 1. The predicted octanol–water partition coefficient (Wildman–Crippen LogP) is 3.31. The molecule has 26 heavy (non-hydrogen) atoms. The average molecular weight is 373 g/mol. The van der Waals surface area contributed by atoms with Gasteiger partial charge in [0, 0.05) is 16.6 Å². The van der Waals surface area contributed by atoms with Crippen LogP contribution < -0.4 is 20.3 Å². The molecule has 0 unspecified atom stereocenters. The molecule has 2 aromatic carbocycles. The zero-order valence-corrected chi connectivity index (χ0v) is 15.0. The highest BCUT2D eigenvalue weighted by Gasteiger charge is 2.12. The number of carbonyl (C=O) groups is 1. The summed E-state index contributed by atoms with van der Waals surface area (Å²) < 4.78 is 11.8. The highest BCUT2D eigenvalue weighted by Crippen LogP contribution is 2.27. The molecule has 1 N–H and O–H groups in total. The minimum atomic E-state index is -0.366. The van der Waals surface area contributed by atoms with Crippen LogP contribution >= 0.6 is 11.6 Å². The summed E-state index contributed by atoms with van der Waals surface area (Å²) in [7, 11) is 3.05. The Morgan fingerprint density at radius 3 is 2.58 bits per heavy atom. The number of methoxy groups -OCH3 is 2. The van der Waals surface area contributed by atoms with E-state index in [1.807, 2.05) is 0 Å². The molecule has 3 aromatic rings. The molecule has 3 rings (SSSR count). The van der Waals surface area contributed by atoms with Crippen molar-refractivity contribution < 1.29 is 14.3 Å². The van der Waals surface area contributed by atoms with Crippen LogP contribution in [0.2, 0.25) is 5.02 Å². The molecular weight excluding hydrogens is 356 g/mol. The van der Waals surface area contributed by atoms with Crippen molar-refractivity contribution >= 4 is 34.0 Å². The highest BCUT2D eigenvalue weighted by molar-refractivity contribution is 6.31. The van der Waals surface area contributed by atoms with Crippen molar-refractivity contribution in [3.8, 4) is 11.5 Å². The third-order valence-corrected chi connectivity index (χ3v) is 4.18. The van der Waals surface area contributed by atoms with Gasteiger partial charge in [-0.2, -0.15) is 0 Å². The number of nitrogens with one attached hydrogen (secondary N) is 1. The van der Waals surface area contributed by atoms with Crippen molar-refractivity contribution in [2.45, 2.75) is 6.54 Å². The van der Waals surface area contributed by atoms with Crippen molar-refractivity contribution in [2.75, 3.05) is 19.5 Å². The number of rotatable bonds is 5. The molecule has 0 atom stereocenters. The number of amides is 1. The first-order chi connectivity index (χ1) is 12.5. The Bertz CT molecular complexity index is 1030. The molecule has 134 valence electrons. The normalized spacial score (nSPS) is 10.6. The third-order valence-electron chi connectivity index (χ3n) is 3.95. The molecule has 0 aliphatic heterocycles. The fourth-order valence-corrected chi connectivity index (χ4v) is 2.89. The van der Waals surface area contributed by atoms with Crippen LogP contribution in [0.5, 0.6) is 11.5 Å². The standard InChI is InChI=1S/C19H17ClN2O4/c1-25-16-5-3-4-14-13(16)8-9-22(19(14)24)11-18(23)21-15-10-12(20)6-7-17(15)26-2/h3-10H,11H2,1-2H3,(H,21,23). The fraction of sp³-hybridized carbons (Fsp3) is 0.158. The topological polar surface area (TPSA) is 69.6 Å². The van der Waals surface area contributed by atoms with Gasteiger partial charge in [-0.3, -0.25) is 9.59 Å². The first kappa shape index (κ1) is 17.8. The minimum Gasteiger partial charge on any atom is -0.496 e. The Labute approximate surface area is 154 Å². The molecule has 1 aromatic heterocycles. The molecular formula is C19H17ClN2O4. The minimum absolute atomic E-state index is 0.137. The Balaban J connectivity index is 1.87. The molecule has 0 spiro atoms. The first-order valence-corrected chi connectivity index (χ1v) is 8.21. The maximum Gasteiger partial charge on any atom is 0.259 e. The number of halogens is 1. The van der Waals surface area contributed by atoms with Gasteiger partial charge in [0.1, 0.15) is 18.0 Å². The Hall–Kier alpha value is -2.99. The molecule has 0 aliphatic carbocycles. The summed E-state index contributed by atoms with van der Waals surface area (Å²) in [4.78, 5) is 25.0. The van der Waals surface area contributed by atoms with E-state index in [9.17, 15) is 9.59 Å². The van der Waals surface area contributed by atoms with Gasteiger partial charge in [-0.15, -0.1) is 0 Å². The molecule has 1 amide bonds. The molecule has 7 heteroatoms. The lowest BCUT2D eigenvalue weighted by molar-refractivity contribution is -0.116. The van der Waals surface area contributed by atoms with Crippen LogP contribution in [-0.4, -0.2) is 24.7 Å². The van der Waals surface area contributed by atoms with Gasteiger partial charge >= 0.3 is 0 Å². The Kier molecular flexibility index (Phi) is 5.14. The number of pyridine rings is 1. The van der Waals surface area contributed by atoms with Gasteiger partial charge in [-0.25, -0.2) is 0 Å². The van der Waals surface area contributed by atoms with Crippen molar-refractivity contribution in [3.05, 3.63) is 64.0 Å². The van der Waals surface area contributed by atoms with Crippen LogP contribution in [-0.2, 0) is 11.3 Å². The maximum atomic E-state index is 12.6. The van der Waals surface area contributed by atoms with Crippen LogP contribution in [0, 0.1) is 0 Å². The Morgan fingerprint density at radius 1 is 1.08 bits per heavy atom. The SMILES string of the molecule is COc1ccc(Cl)cc1NC(=O)Cn1ccc2c(OC)cccc2c1=O. The second kappa shape index (κ2) is 7.49. The fourth-order valence-electron chi connectivity index (χ4n) is 2.71. The van der Waals surface area contributed by atoms with Gasteiger partial charge in [0.2, 0.25) is 5.91 Å². The van der Waals surface area contributed by atoms with Crippen LogP contribution in [0.3, 0.4) is 0 Å². The zero-order chi connectivity index (χ0) is 18.7. The summed E-state index contributed by atoms with van der Waals surface area (Å²) in [5.41, 5.74) is 0.176. The summed E-state index contributed by atoms with van der Waals surface area (Å²) >= 11 is 5.96. The predicted molar refractivity (Wildman–Crippen MR) is 101 cm³/mol. The number of hydrogen-bond acceptors (Lipinski definition) is 4. The number of hydrogen-bond donors (Lipinski definition) is 1. The van der Waals surface area contributed by atoms with Gasteiger partial charge < -0.3 is 19.4 Å². The van der Waals surface area contributed by atoms with E-state index in [4.69, 9.17) is 21.1 Å². The molecule has 0 radical (unpaired) electrons. The van der Waals surface area contributed by atoms with E-state index in [0.29, 0.717) is 33.0 Å². The van der Waals surface area contributed by atoms with Crippen molar-refractivity contribution in [2.24, 2.45) is 0 Å². The molecule has 0 saturated heterocycles. The van der Waals surface area contributed by atoms with Crippen molar-refractivity contribution in [1.29, 1.82) is 0 Å². The van der Waals surface area contributed by atoms with Crippen molar-refractivity contribution in [1.82, 2.24) is 4.57 Å². The van der Waals surface area contributed by atoms with Gasteiger partial charge in [-0.1, -0.05) is 17.7 Å². The third kappa shape index (κ3) is 3.50. The first-order valence-electron chi connectivity index (χ1n) is 7.83. The lowest BCUT2D eigenvalue weighted by Crippen LogP contribution is -2.27. The molecule has 0 saturated carbocycles. The van der Waals surface area contributed by atoms with Gasteiger partial charge in [0.05, 0.1) is 25.3 Å². The number of benzene rings is 2. The molecule has 0 aliphatic rings. The smallest absolute Gasteiger partial charge is 0.259 e. The van der Waals surface area contributed by atoms with E-state index >= 15 is 0 Å². The van der Waals surface area contributed by atoms with Crippen LogP contribution in [0.1, 0.15) is 0 Å². The van der Waals surface area contributed by atoms with Crippen LogP contribution in [0.15, 0.2) is 53.5 Å². The number of ether oxygens (including phenoxy) is 2. The number of carbonyl (C=O) groups excluding carboxylic acids is 1. The quantitative estimate of drug-likeness (QED) is 0.746. The van der Waals surface area contributed by atoms with Gasteiger partial charge in [-0.05, 0) is 36.4 Å². The largest absolute Gasteiger partial charge is 0.496 e. The molecule has 1 heterocycles. The van der Waals surface area contributed by atoms with E-state index in [0.717, 1.165) is 0 Å². The summed E-state index contributed by atoms with van der Waals surface area (Å²) in [6, 6.07) is 11.9. The monoisotopic (exact) mass is 372 g/mol. The van der Waals surface area contributed by atoms with E-state index in [1.54, 1.807) is 55.8 Å². The van der Waals surface area contributed by atoms with Crippen LogP contribution in [0.4, 0.5) is 5.69 Å². The lowest BCUT2D eigenvalue weighted by atomic mass is 10.1. The summed E-state index contributed by atoms with van der Waals surface area (Å²) in [5.74, 6) is 0.730. The summed E-state index contributed by atoms with van der Waals surface area (Å²) in [6.07, 6.45) is 1.57. The number of fused-ring (bicyclic) bond motifs is 1. The second-order valence-corrected chi connectivity index (χ2v) is 6.00. The zero-order valence-electron chi connectivity index (χ0n) is 14.3. The molecule has 0 bridgehead atoms. The molecule has 0 fully saturated rings. The van der Waals surface area contributed by atoms with E-state index < -0.39 is 0 Å². The van der Waals surface area contributed by atoms with Gasteiger partial charge in [0.25, 0.3) is 5.56 Å². The Morgan fingerprint density at radius 2 is 1.85 bits per heavy atom. The van der Waals surface area contributed by atoms with Gasteiger partial charge in [0.15, 0.2) is 0 Å². The summed E-state index contributed by atoms with van der Waals surface area (Å²) in [6.45, 7) is -0.137. The van der Waals surface area contributed by atoms with Crippen LogP contribution in [0.25, 0.3) is 10.8 Å². The number of anilines is 1. The average Bonchev–Trinajstić information content (AvgIpc) is 2.64.